The minimum Gasteiger partial charge on any atom is -0.480 e. The molecule has 2 saturated heterocycles. The number of hydrogen-bond acceptors (Lipinski definition) is 5. The highest BCUT2D eigenvalue weighted by atomic mass is 19.4. The molecule has 52 heavy (non-hydrogen) atoms. The number of piperidine rings is 2. The molecule has 0 spiro atoms. The van der Waals surface area contributed by atoms with Crippen LogP contribution in [0, 0.1) is 5.41 Å². The van der Waals surface area contributed by atoms with E-state index in [4.69, 9.17) is 4.98 Å². The molecular formula is C39H42F6N4O3. The Morgan fingerprint density at radius 3 is 2.25 bits per heavy atom. The van der Waals surface area contributed by atoms with Crippen LogP contribution >= 0.6 is 0 Å². The van der Waals surface area contributed by atoms with E-state index in [-0.39, 0.29) is 6.42 Å². The zero-order valence-corrected chi connectivity index (χ0v) is 28.7. The molecule has 278 valence electrons. The van der Waals surface area contributed by atoms with Gasteiger partial charge in [0.1, 0.15) is 11.5 Å². The van der Waals surface area contributed by atoms with Crippen molar-refractivity contribution in [3.05, 3.63) is 78.0 Å². The first-order valence-corrected chi connectivity index (χ1v) is 17.7. The van der Waals surface area contributed by atoms with Gasteiger partial charge in [0.2, 0.25) is 5.91 Å². The Labute approximate surface area is 298 Å². The number of pyridine rings is 1. The molecule has 2 aliphatic rings. The zero-order chi connectivity index (χ0) is 37.1. The van der Waals surface area contributed by atoms with Crippen LogP contribution in [0.4, 0.5) is 26.3 Å². The van der Waals surface area contributed by atoms with Crippen molar-refractivity contribution in [2.45, 2.75) is 69.8 Å². The number of aliphatic carboxylic acids is 1. The molecule has 2 fully saturated rings. The van der Waals surface area contributed by atoms with Crippen molar-refractivity contribution in [1.29, 1.82) is 0 Å². The highest BCUT2D eigenvalue weighted by Crippen LogP contribution is 2.47. The molecule has 0 saturated carbocycles. The van der Waals surface area contributed by atoms with Crippen LogP contribution in [0.2, 0.25) is 0 Å². The lowest BCUT2D eigenvalue weighted by Crippen LogP contribution is -2.59. The maximum Gasteiger partial charge on any atom is 0.403 e. The molecule has 3 heterocycles. The molecule has 2 aliphatic heterocycles. The van der Waals surface area contributed by atoms with Crippen molar-refractivity contribution in [3.63, 3.8) is 0 Å². The minimum atomic E-state index is -5.10. The summed E-state index contributed by atoms with van der Waals surface area (Å²) in [6, 6.07) is 17.4. The lowest BCUT2D eigenvalue weighted by molar-refractivity contribution is -0.236. The van der Waals surface area contributed by atoms with Crippen LogP contribution in [0.25, 0.3) is 32.8 Å². The van der Waals surface area contributed by atoms with Gasteiger partial charge < -0.3 is 15.3 Å². The SMILES string of the molecule is O=C(O)[C@H](Cc1cccc2c(-c3nccc4ccc(CCCN5CCCCC5)cc34)cccc12)NC(=O)C1(C(F)(F)F)CCN(CC(F)(F)F)CC1. The van der Waals surface area contributed by atoms with Gasteiger partial charge in [-0.15, -0.1) is 0 Å². The molecule has 2 N–H and O–H groups in total. The Morgan fingerprint density at radius 2 is 1.56 bits per heavy atom. The molecule has 0 unspecified atom stereocenters. The Balaban J connectivity index is 1.24. The molecule has 3 aromatic carbocycles. The zero-order valence-electron chi connectivity index (χ0n) is 28.7. The number of aryl methyl sites for hydroxylation is 1. The van der Waals surface area contributed by atoms with Gasteiger partial charge in [0.25, 0.3) is 0 Å². The number of fused-ring (bicyclic) bond motifs is 2. The first-order chi connectivity index (χ1) is 24.7. The number of aromatic nitrogens is 1. The number of nitrogens with zero attached hydrogens (tertiary/aromatic N) is 3. The highest BCUT2D eigenvalue weighted by Gasteiger charge is 2.61. The van der Waals surface area contributed by atoms with E-state index in [0.29, 0.717) is 10.9 Å². The van der Waals surface area contributed by atoms with Gasteiger partial charge in [-0.25, -0.2) is 4.79 Å². The van der Waals surface area contributed by atoms with E-state index in [1.165, 1.54) is 24.8 Å². The second-order valence-electron chi connectivity index (χ2n) is 14.1. The monoisotopic (exact) mass is 728 g/mol. The standard InChI is InChI=1S/C39H42F6N4O3/c40-38(41,42)25-49-21-15-37(16-22-49,39(43,44)45)36(52)47-33(35(50)51)24-28-8-4-10-30-29(28)9-5-11-31(30)34-32-23-26(12-13-27(32)14-17-46-34)7-6-20-48-18-2-1-3-19-48/h4-5,8-14,17,23,33H,1-3,6-7,15-16,18-22,24-25H2,(H,47,52)(H,50,51)/t33-/m0/s1. The number of rotatable bonds is 11. The average molecular weight is 729 g/mol. The number of nitrogens with one attached hydrogen (secondary N) is 1. The van der Waals surface area contributed by atoms with Crippen molar-refractivity contribution < 1.29 is 41.0 Å². The summed E-state index contributed by atoms with van der Waals surface area (Å²) in [6.07, 6.45) is -4.37. The summed E-state index contributed by atoms with van der Waals surface area (Å²) in [7, 11) is 0. The van der Waals surface area contributed by atoms with Gasteiger partial charge in [-0.1, -0.05) is 55.0 Å². The molecule has 4 aromatic rings. The molecule has 0 aliphatic carbocycles. The van der Waals surface area contributed by atoms with Crippen LogP contribution in [0.15, 0.2) is 66.9 Å². The lowest BCUT2D eigenvalue weighted by Gasteiger charge is -2.42. The third-order valence-corrected chi connectivity index (χ3v) is 10.6. The number of likely N-dealkylation sites (tertiary alicyclic amines) is 2. The maximum atomic E-state index is 14.4. The predicted octanol–water partition coefficient (Wildman–Crippen LogP) is 7.79. The van der Waals surface area contributed by atoms with Crippen molar-refractivity contribution in [2.75, 3.05) is 39.3 Å². The van der Waals surface area contributed by atoms with Crippen LogP contribution in [0.5, 0.6) is 0 Å². The second kappa shape index (κ2) is 15.4. The highest BCUT2D eigenvalue weighted by molar-refractivity contribution is 6.05. The Morgan fingerprint density at radius 1 is 0.846 bits per heavy atom. The van der Waals surface area contributed by atoms with E-state index in [0.717, 1.165) is 64.8 Å². The van der Waals surface area contributed by atoms with Crippen molar-refractivity contribution in [3.8, 4) is 11.3 Å². The number of carbonyl (C=O) groups is 2. The smallest absolute Gasteiger partial charge is 0.403 e. The van der Waals surface area contributed by atoms with Gasteiger partial charge in [-0.2, -0.15) is 26.3 Å². The van der Waals surface area contributed by atoms with Gasteiger partial charge in [0.15, 0.2) is 0 Å². The number of amides is 1. The van der Waals surface area contributed by atoms with Gasteiger partial charge in [0.05, 0.1) is 12.2 Å². The summed E-state index contributed by atoms with van der Waals surface area (Å²) in [5, 5.41) is 15.6. The van der Waals surface area contributed by atoms with E-state index < -0.39 is 68.2 Å². The van der Waals surface area contributed by atoms with Crippen LogP contribution in [-0.4, -0.2) is 89.4 Å². The number of carboxylic acids is 1. The second-order valence-corrected chi connectivity index (χ2v) is 14.1. The molecule has 1 amide bonds. The molecule has 0 bridgehead atoms. The van der Waals surface area contributed by atoms with Crippen molar-refractivity contribution in [1.82, 2.24) is 20.1 Å². The lowest BCUT2D eigenvalue weighted by atomic mass is 9.76. The van der Waals surface area contributed by atoms with E-state index in [2.05, 4.69) is 28.4 Å². The summed E-state index contributed by atoms with van der Waals surface area (Å²) < 4.78 is 81.9. The number of carbonyl (C=O) groups excluding carboxylic acids is 1. The van der Waals surface area contributed by atoms with Gasteiger partial charge in [0, 0.05) is 23.6 Å². The Hall–Kier alpha value is -4.23. The molecule has 0 radical (unpaired) electrons. The third-order valence-electron chi connectivity index (χ3n) is 10.6. The average Bonchev–Trinajstić information content (AvgIpc) is 3.10. The number of carboxylic acid groups (broad SMARTS) is 1. The Kier molecular flexibility index (Phi) is 11.1. The fourth-order valence-electron chi connectivity index (χ4n) is 7.74. The van der Waals surface area contributed by atoms with Gasteiger partial charge in [-0.05, 0) is 111 Å². The van der Waals surface area contributed by atoms with Gasteiger partial charge in [-0.3, -0.25) is 14.7 Å². The maximum absolute atomic E-state index is 14.4. The summed E-state index contributed by atoms with van der Waals surface area (Å²) in [4.78, 5) is 33.8. The van der Waals surface area contributed by atoms with E-state index >= 15 is 0 Å². The molecule has 1 aromatic heterocycles. The van der Waals surface area contributed by atoms with Gasteiger partial charge >= 0.3 is 18.3 Å². The number of hydrogen-bond donors (Lipinski definition) is 2. The molecule has 7 nitrogen and oxygen atoms in total. The van der Waals surface area contributed by atoms with E-state index in [1.807, 2.05) is 24.3 Å². The normalized spacial score (nSPS) is 18.0. The number of alkyl halides is 6. The van der Waals surface area contributed by atoms with Crippen molar-refractivity contribution in [2.24, 2.45) is 5.41 Å². The van der Waals surface area contributed by atoms with E-state index in [1.54, 1.807) is 24.4 Å². The minimum absolute atomic E-state index is 0.319. The molecule has 1 atom stereocenters. The topological polar surface area (TPSA) is 85.8 Å². The fourth-order valence-corrected chi connectivity index (χ4v) is 7.74. The fraction of sp³-hybridized carbons (Fsp3) is 0.462. The van der Waals surface area contributed by atoms with Crippen molar-refractivity contribution >= 4 is 33.4 Å². The third kappa shape index (κ3) is 8.36. The number of halogens is 6. The van der Waals surface area contributed by atoms with Crippen LogP contribution in [0.3, 0.4) is 0 Å². The molecule has 6 rings (SSSR count). The molecular weight excluding hydrogens is 686 g/mol. The van der Waals surface area contributed by atoms with Crippen LogP contribution in [0.1, 0.15) is 49.7 Å². The molecule has 13 heteroatoms. The van der Waals surface area contributed by atoms with Crippen LogP contribution in [-0.2, 0) is 22.4 Å². The largest absolute Gasteiger partial charge is 0.480 e. The summed E-state index contributed by atoms with van der Waals surface area (Å²) in [5.41, 5.74) is 0.216. The summed E-state index contributed by atoms with van der Waals surface area (Å²) in [5.74, 6) is -3.08. The van der Waals surface area contributed by atoms with E-state index in [9.17, 15) is 41.0 Å². The number of benzene rings is 3. The van der Waals surface area contributed by atoms with Crippen LogP contribution < -0.4 is 5.32 Å². The quantitative estimate of drug-likeness (QED) is 0.154. The first kappa shape index (κ1) is 37.5. The predicted molar refractivity (Wildman–Crippen MR) is 187 cm³/mol. The summed E-state index contributed by atoms with van der Waals surface area (Å²) in [6.45, 7) is 0.737. The summed E-state index contributed by atoms with van der Waals surface area (Å²) >= 11 is 0. The first-order valence-electron chi connectivity index (χ1n) is 17.7. The Bertz CT molecular complexity index is 1900.